The first-order valence-corrected chi connectivity index (χ1v) is 9.15. The van der Waals surface area contributed by atoms with Crippen LogP contribution in [0, 0.1) is 13.8 Å². The molecule has 0 unspecified atom stereocenters. The quantitative estimate of drug-likeness (QED) is 0.705. The van der Waals surface area contributed by atoms with E-state index in [2.05, 4.69) is 10.3 Å². The number of nitrogens with one attached hydrogen (secondary N) is 2. The highest BCUT2D eigenvalue weighted by molar-refractivity contribution is 6.30. The van der Waals surface area contributed by atoms with Crippen molar-refractivity contribution in [2.24, 2.45) is 0 Å². The molecule has 1 heterocycles. The number of amides is 1. The van der Waals surface area contributed by atoms with Gasteiger partial charge in [-0.25, -0.2) is 9.59 Å². The summed E-state index contributed by atoms with van der Waals surface area (Å²) < 4.78 is 10.4. The largest absolute Gasteiger partial charge is 0.459 e. The van der Waals surface area contributed by atoms with Crippen LogP contribution in [0.5, 0.6) is 0 Å². The number of aromatic amines is 1. The maximum atomic E-state index is 12.5. The Bertz CT molecular complexity index is 904. The van der Waals surface area contributed by atoms with Gasteiger partial charge in [-0.1, -0.05) is 17.7 Å². The van der Waals surface area contributed by atoms with Crippen LogP contribution in [0.2, 0.25) is 5.02 Å². The Morgan fingerprint density at radius 2 is 1.75 bits per heavy atom. The molecule has 0 saturated carbocycles. The molecule has 150 valence electrons. The average Bonchev–Trinajstić information content (AvgIpc) is 2.88. The third-order valence-corrected chi connectivity index (χ3v) is 4.17. The standard InChI is InChI=1S/C20H23ClN2O5/c1-10(2)27-19(25)16-11(3)17(22-12(16)4)20(26)28-13(5)18(24)23-15-8-6-7-14(21)9-15/h6-10,13,22H,1-5H3,(H,23,24)/t13-/m0/s1. The number of H-pyrrole nitrogens is 1. The predicted molar refractivity (Wildman–Crippen MR) is 106 cm³/mol. The Hall–Kier alpha value is -2.80. The maximum absolute atomic E-state index is 12.5. The lowest BCUT2D eigenvalue weighted by molar-refractivity contribution is -0.123. The topological polar surface area (TPSA) is 97.5 Å². The van der Waals surface area contributed by atoms with Gasteiger partial charge in [0.1, 0.15) is 5.69 Å². The fourth-order valence-electron chi connectivity index (χ4n) is 2.62. The third-order valence-electron chi connectivity index (χ3n) is 3.93. The molecule has 0 aliphatic carbocycles. The van der Waals surface area contributed by atoms with Crippen molar-refractivity contribution in [3.63, 3.8) is 0 Å². The van der Waals surface area contributed by atoms with Gasteiger partial charge in [0.2, 0.25) is 0 Å². The number of hydrogen-bond donors (Lipinski definition) is 2. The second-order valence-electron chi connectivity index (χ2n) is 6.63. The summed E-state index contributed by atoms with van der Waals surface area (Å²) >= 11 is 5.89. The van der Waals surface area contributed by atoms with Crippen LogP contribution in [0.25, 0.3) is 0 Å². The molecule has 28 heavy (non-hydrogen) atoms. The zero-order valence-corrected chi connectivity index (χ0v) is 17.1. The lowest BCUT2D eigenvalue weighted by Crippen LogP contribution is -2.30. The summed E-state index contributed by atoms with van der Waals surface area (Å²) in [6, 6.07) is 6.62. The van der Waals surface area contributed by atoms with E-state index in [9.17, 15) is 14.4 Å². The summed E-state index contributed by atoms with van der Waals surface area (Å²) in [6.45, 7) is 8.22. The lowest BCUT2D eigenvalue weighted by Gasteiger charge is -2.13. The van der Waals surface area contributed by atoms with Crippen LogP contribution in [-0.4, -0.2) is 35.0 Å². The highest BCUT2D eigenvalue weighted by atomic mass is 35.5. The molecule has 2 aromatic rings. The highest BCUT2D eigenvalue weighted by Gasteiger charge is 2.27. The molecule has 1 amide bonds. The van der Waals surface area contributed by atoms with E-state index < -0.39 is 23.9 Å². The molecule has 0 spiro atoms. The van der Waals surface area contributed by atoms with Crippen molar-refractivity contribution in [3.8, 4) is 0 Å². The highest BCUT2D eigenvalue weighted by Crippen LogP contribution is 2.21. The van der Waals surface area contributed by atoms with E-state index in [1.165, 1.54) is 6.92 Å². The predicted octanol–water partition coefficient (Wildman–Crippen LogP) is 4.03. The second kappa shape index (κ2) is 8.93. The number of halogens is 1. The van der Waals surface area contributed by atoms with Crippen molar-refractivity contribution >= 4 is 35.1 Å². The van der Waals surface area contributed by atoms with Gasteiger partial charge in [0.25, 0.3) is 5.91 Å². The molecule has 0 saturated heterocycles. The summed E-state index contributed by atoms with van der Waals surface area (Å²) in [6.07, 6.45) is -1.34. The number of esters is 2. The van der Waals surface area contributed by atoms with E-state index >= 15 is 0 Å². The molecule has 1 aromatic heterocycles. The van der Waals surface area contributed by atoms with Crippen molar-refractivity contribution in [3.05, 3.63) is 51.8 Å². The minimum atomic E-state index is -1.06. The van der Waals surface area contributed by atoms with E-state index in [4.69, 9.17) is 21.1 Å². The number of hydrogen-bond acceptors (Lipinski definition) is 5. The first kappa shape index (κ1) is 21.5. The number of carbonyl (C=O) groups excluding carboxylic acids is 3. The zero-order chi connectivity index (χ0) is 21.0. The molecule has 0 aliphatic heterocycles. The summed E-state index contributed by atoms with van der Waals surface area (Å²) in [5.41, 5.74) is 1.79. The number of benzene rings is 1. The molecule has 0 aliphatic rings. The minimum absolute atomic E-state index is 0.107. The number of rotatable bonds is 6. The summed E-state index contributed by atoms with van der Waals surface area (Å²) in [5.74, 6) is -1.76. The summed E-state index contributed by atoms with van der Waals surface area (Å²) in [4.78, 5) is 39.8. The first-order chi connectivity index (χ1) is 13.1. The van der Waals surface area contributed by atoms with Crippen molar-refractivity contribution < 1.29 is 23.9 Å². The van der Waals surface area contributed by atoms with Crippen molar-refractivity contribution in [2.75, 3.05) is 5.32 Å². The molecule has 2 N–H and O–H groups in total. The molecule has 0 bridgehead atoms. The van der Waals surface area contributed by atoms with Gasteiger partial charge < -0.3 is 19.8 Å². The molecule has 7 nitrogen and oxygen atoms in total. The van der Waals surface area contributed by atoms with Crippen LogP contribution >= 0.6 is 11.6 Å². The second-order valence-corrected chi connectivity index (χ2v) is 7.06. The van der Waals surface area contributed by atoms with E-state index in [0.29, 0.717) is 22.0 Å². The van der Waals surface area contributed by atoms with Gasteiger partial charge in [-0.05, 0) is 58.4 Å². The van der Waals surface area contributed by atoms with Crippen LogP contribution in [0.3, 0.4) is 0 Å². The molecule has 0 radical (unpaired) electrons. The molecule has 0 fully saturated rings. The molecular weight excluding hydrogens is 384 g/mol. The van der Waals surface area contributed by atoms with Crippen LogP contribution in [0.4, 0.5) is 5.69 Å². The van der Waals surface area contributed by atoms with Gasteiger partial charge >= 0.3 is 11.9 Å². The summed E-state index contributed by atoms with van der Waals surface area (Å²) in [7, 11) is 0. The Morgan fingerprint density at radius 3 is 2.36 bits per heavy atom. The smallest absolute Gasteiger partial charge is 0.355 e. The Labute approximate surface area is 168 Å². The van der Waals surface area contributed by atoms with E-state index in [1.807, 2.05) is 0 Å². The normalized spacial score (nSPS) is 11.8. The van der Waals surface area contributed by atoms with E-state index in [0.717, 1.165) is 0 Å². The maximum Gasteiger partial charge on any atom is 0.355 e. The third kappa shape index (κ3) is 5.13. The SMILES string of the molecule is Cc1[nH]c(C(=O)O[C@@H](C)C(=O)Nc2cccc(Cl)c2)c(C)c1C(=O)OC(C)C. The zero-order valence-electron chi connectivity index (χ0n) is 16.4. The summed E-state index contributed by atoms with van der Waals surface area (Å²) in [5, 5.41) is 3.10. The van der Waals surface area contributed by atoms with Crippen LogP contribution in [0.15, 0.2) is 24.3 Å². The molecule has 1 aromatic carbocycles. The van der Waals surface area contributed by atoms with Gasteiger partial charge in [0, 0.05) is 16.4 Å². The minimum Gasteiger partial charge on any atom is -0.459 e. The van der Waals surface area contributed by atoms with Gasteiger partial charge in [-0.2, -0.15) is 0 Å². The van der Waals surface area contributed by atoms with Gasteiger partial charge in [-0.3, -0.25) is 4.79 Å². The van der Waals surface area contributed by atoms with Crippen molar-refractivity contribution in [1.29, 1.82) is 0 Å². The van der Waals surface area contributed by atoms with Crippen molar-refractivity contribution in [1.82, 2.24) is 4.98 Å². The molecule has 1 atom stereocenters. The van der Waals surface area contributed by atoms with Gasteiger partial charge in [0.15, 0.2) is 6.10 Å². The monoisotopic (exact) mass is 406 g/mol. The van der Waals surface area contributed by atoms with Gasteiger partial charge in [0.05, 0.1) is 11.7 Å². The lowest BCUT2D eigenvalue weighted by atomic mass is 10.1. The average molecular weight is 407 g/mol. The van der Waals surface area contributed by atoms with Gasteiger partial charge in [-0.15, -0.1) is 0 Å². The molecular formula is C20H23ClN2O5. The fourth-order valence-corrected chi connectivity index (χ4v) is 2.81. The number of ether oxygens (including phenoxy) is 2. The number of aryl methyl sites for hydroxylation is 1. The Morgan fingerprint density at radius 1 is 1.07 bits per heavy atom. The molecule has 2 rings (SSSR count). The van der Waals surface area contributed by atoms with Crippen LogP contribution < -0.4 is 5.32 Å². The van der Waals surface area contributed by atoms with E-state index in [-0.39, 0.29) is 17.4 Å². The van der Waals surface area contributed by atoms with E-state index in [1.54, 1.807) is 52.0 Å². The number of anilines is 1. The molecule has 8 heteroatoms. The van der Waals surface area contributed by atoms with Crippen LogP contribution in [0.1, 0.15) is 52.9 Å². The van der Waals surface area contributed by atoms with Crippen molar-refractivity contribution in [2.45, 2.75) is 46.8 Å². The fraction of sp³-hybridized carbons (Fsp3) is 0.350. The number of aromatic nitrogens is 1. The Kier molecular flexibility index (Phi) is 6.85. The number of carbonyl (C=O) groups is 3. The van der Waals surface area contributed by atoms with Crippen LogP contribution in [-0.2, 0) is 14.3 Å². The Balaban J connectivity index is 2.09. The first-order valence-electron chi connectivity index (χ1n) is 8.77.